The van der Waals surface area contributed by atoms with Crippen LogP contribution in [-0.4, -0.2) is 29.8 Å². The van der Waals surface area contributed by atoms with Gasteiger partial charge in [-0.2, -0.15) is 0 Å². The Morgan fingerprint density at radius 2 is 2.00 bits per heavy atom. The summed E-state index contributed by atoms with van der Waals surface area (Å²) in [5.74, 6) is 0.559. The van der Waals surface area contributed by atoms with Crippen molar-refractivity contribution in [2.45, 2.75) is 40.5 Å². The van der Waals surface area contributed by atoms with Crippen molar-refractivity contribution in [3.63, 3.8) is 0 Å². The highest BCUT2D eigenvalue weighted by Crippen LogP contribution is 2.21. The van der Waals surface area contributed by atoms with Crippen molar-refractivity contribution < 1.29 is 9.59 Å². The Labute approximate surface area is 132 Å². The third kappa shape index (κ3) is 4.09. The summed E-state index contributed by atoms with van der Waals surface area (Å²) in [4.78, 5) is 26.6. The number of carbonyl (C=O) groups excluding carboxylic acids is 2. The zero-order valence-corrected chi connectivity index (χ0v) is 14.0. The molecular formula is C18H26N2O2. The standard InChI is InChI=1S/C18H26N2O2/c1-13-7-6-10-20(12-13)16(21)14-8-5-9-15(11-14)19-17(22)18(2,3)4/h5,8-9,11,13H,6-7,10,12H2,1-4H3,(H,19,22). The Morgan fingerprint density at radius 1 is 1.27 bits per heavy atom. The highest BCUT2D eigenvalue weighted by atomic mass is 16.2. The molecule has 1 unspecified atom stereocenters. The summed E-state index contributed by atoms with van der Waals surface area (Å²) >= 11 is 0. The molecule has 0 saturated carbocycles. The van der Waals surface area contributed by atoms with Crippen molar-refractivity contribution in [1.29, 1.82) is 0 Å². The van der Waals surface area contributed by atoms with Crippen LogP contribution in [0.3, 0.4) is 0 Å². The Morgan fingerprint density at radius 3 is 2.64 bits per heavy atom. The van der Waals surface area contributed by atoms with E-state index >= 15 is 0 Å². The molecule has 1 saturated heterocycles. The van der Waals surface area contributed by atoms with Crippen molar-refractivity contribution in [2.75, 3.05) is 18.4 Å². The van der Waals surface area contributed by atoms with E-state index in [1.807, 2.05) is 43.9 Å². The SMILES string of the molecule is CC1CCCN(C(=O)c2cccc(NC(=O)C(C)(C)C)c2)C1. The van der Waals surface area contributed by atoms with Crippen LogP contribution in [0, 0.1) is 11.3 Å². The van der Waals surface area contributed by atoms with Crippen LogP contribution in [0.25, 0.3) is 0 Å². The molecule has 1 aliphatic rings. The van der Waals surface area contributed by atoms with Gasteiger partial charge in [0.25, 0.3) is 5.91 Å². The van der Waals surface area contributed by atoms with Gasteiger partial charge in [0.05, 0.1) is 0 Å². The normalized spacial score (nSPS) is 18.9. The topological polar surface area (TPSA) is 49.4 Å². The van der Waals surface area contributed by atoms with Crippen molar-refractivity contribution in [3.8, 4) is 0 Å². The first-order valence-corrected chi connectivity index (χ1v) is 7.98. The molecule has 1 atom stereocenters. The van der Waals surface area contributed by atoms with E-state index in [0.29, 0.717) is 17.2 Å². The molecule has 2 amide bonds. The van der Waals surface area contributed by atoms with Crippen LogP contribution in [0.5, 0.6) is 0 Å². The first-order valence-electron chi connectivity index (χ1n) is 7.98. The molecule has 1 N–H and O–H groups in total. The van der Waals surface area contributed by atoms with E-state index in [0.717, 1.165) is 19.5 Å². The lowest BCUT2D eigenvalue weighted by atomic mass is 9.95. The highest BCUT2D eigenvalue weighted by Gasteiger charge is 2.23. The van der Waals surface area contributed by atoms with Crippen LogP contribution in [0.1, 0.15) is 50.9 Å². The molecule has 0 spiro atoms. The second-order valence-electron chi connectivity index (χ2n) is 7.28. The largest absolute Gasteiger partial charge is 0.338 e. The molecule has 1 aromatic carbocycles. The summed E-state index contributed by atoms with van der Waals surface area (Å²) in [6, 6.07) is 7.22. The van der Waals surface area contributed by atoms with Gasteiger partial charge in [0.2, 0.25) is 5.91 Å². The summed E-state index contributed by atoms with van der Waals surface area (Å²) in [5.41, 5.74) is 0.860. The molecule has 0 aromatic heterocycles. The first-order chi connectivity index (χ1) is 10.3. The average molecular weight is 302 g/mol. The minimum atomic E-state index is -0.456. The number of hydrogen-bond acceptors (Lipinski definition) is 2. The van der Waals surface area contributed by atoms with Gasteiger partial charge in [0, 0.05) is 29.8 Å². The monoisotopic (exact) mass is 302 g/mol. The molecule has 2 rings (SSSR count). The fraction of sp³-hybridized carbons (Fsp3) is 0.556. The van der Waals surface area contributed by atoms with Gasteiger partial charge >= 0.3 is 0 Å². The van der Waals surface area contributed by atoms with Gasteiger partial charge < -0.3 is 10.2 Å². The number of nitrogens with one attached hydrogen (secondary N) is 1. The molecule has 0 radical (unpaired) electrons. The molecule has 4 heteroatoms. The molecule has 1 aliphatic heterocycles. The van der Waals surface area contributed by atoms with Gasteiger partial charge in [-0.15, -0.1) is 0 Å². The number of hydrogen-bond donors (Lipinski definition) is 1. The zero-order valence-electron chi connectivity index (χ0n) is 14.0. The van der Waals surface area contributed by atoms with Crippen molar-refractivity contribution >= 4 is 17.5 Å². The molecule has 1 heterocycles. The van der Waals surface area contributed by atoms with Gasteiger partial charge in [0.1, 0.15) is 0 Å². The Bertz CT molecular complexity index is 560. The van der Waals surface area contributed by atoms with Crippen LogP contribution in [0.2, 0.25) is 0 Å². The molecule has 22 heavy (non-hydrogen) atoms. The van der Waals surface area contributed by atoms with E-state index in [2.05, 4.69) is 12.2 Å². The molecule has 4 nitrogen and oxygen atoms in total. The number of piperidine rings is 1. The summed E-state index contributed by atoms with van der Waals surface area (Å²) < 4.78 is 0. The summed E-state index contributed by atoms with van der Waals surface area (Å²) in [5, 5.41) is 2.88. The highest BCUT2D eigenvalue weighted by molar-refractivity contribution is 5.98. The summed E-state index contributed by atoms with van der Waals surface area (Å²) in [6.45, 7) is 9.42. The van der Waals surface area contributed by atoms with Gasteiger partial charge in [-0.05, 0) is 37.0 Å². The van der Waals surface area contributed by atoms with E-state index in [1.165, 1.54) is 6.42 Å². The lowest BCUT2D eigenvalue weighted by molar-refractivity contribution is -0.123. The van der Waals surface area contributed by atoms with Crippen molar-refractivity contribution in [3.05, 3.63) is 29.8 Å². The van der Waals surface area contributed by atoms with Crippen LogP contribution >= 0.6 is 0 Å². The van der Waals surface area contributed by atoms with Gasteiger partial charge in [-0.25, -0.2) is 0 Å². The van der Waals surface area contributed by atoms with Crippen LogP contribution in [0.15, 0.2) is 24.3 Å². The van der Waals surface area contributed by atoms with Gasteiger partial charge in [0.15, 0.2) is 0 Å². The van der Waals surface area contributed by atoms with E-state index < -0.39 is 5.41 Å². The lowest BCUT2D eigenvalue weighted by Crippen LogP contribution is -2.39. The number of benzene rings is 1. The van der Waals surface area contributed by atoms with Crippen LogP contribution < -0.4 is 5.32 Å². The molecule has 0 bridgehead atoms. The predicted molar refractivity (Wildman–Crippen MR) is 88.8 cm³/mol. The fourth-order valence-electron chi connectivity index (χ4n) is 2.61. The van der Waals surface area contributed by atoms with Crippen molar-refractivity contribution in [2.24, 2.45) is 11.3 Å². The maximum Gasteiger partial charge on any atom is 0.253 e. The number of anilines is 1. The zero-order chi connectivity index (χ0) is 16.3. The van der Waals surface area contributed by atoms with E-state index in [4.69, 9.17) is 0 Å². The predicted octanol–water partition coefficient (Wildman–Crippen LogP) is 3.54. The molecule has 1 fully saturated rings. The maximum absolute atomic E-state index is 12.6. The quantitative estimate of drug-likeness (QED) is 0.908. The van der Waals surface area contributed by atoms with Crippen LogP contribution in [-0.2, 0) is 4.79 Å². The number of amides is 2. The summed E-state index contributed by atoms with van der Waals surface area (Å²) in [6.07, 6.45) is 2.25. The lowest BCUT2D eigenvalue weighted by Gasteiger charge is -2.31. The maximum atomic E-state index is 12.6. The Hall–Kier alpha value is -1.84. The third-order valence-electron chi connectivity index (χ3n) is 3.99. The van der Waals surface area contributed by atoms with Gasteiger partial charge in [-0.1, -0.05) is 33.8 Å². The minimum absolute atomic E-state index is 0.0521. The average Bonchev–Trinajstić information content (AvgIpc) is 2.46. The summed E-state index contributed by atoms with van der Waals surface area (Å²) in [7, 11) is 0. The molecule has 0 aliphatic carbocycles. The number of rotatable bonds is 2. The van der Waals surface area contributed by atoms with Crippen LogP contribution in [0.4, 0.5) is 5.69 Å². The second-order valence-corrected chi connectivity index (χ2v) is 7.28. The minimum Gasteiger partial charge on any atom is -0.338 e. The van der Waals surface area contributed by atoms with E-state index in [9.17, 15) is 9.59 Å². The van der Waals surface area contributed by atoms with Crippen molar-refractivity contribution in [1.82, 2.24) is 4.90 Å². The second kappa shape index (κ2) is 6.51. The smallest absolute Gasteiger partial charge is 0.253 e. The number of carbonyl (C=O) groups is 2. The Kier molecular flexibility index (Phi) is 4.89. The number of nitrogens with zero attached hydrogens (tertiary/aromatic N) is 1. The fourth-order valence-corrected chi connectivity index (χ4v) is 2.61. The molecular weight excluding hydrogens is 276 g/mol. The third-order valence-corrected chi connectivity index (χ3v) is 3.99. The molecule has 1 aromatic rings. The Balaban J connectivity index is 2.11. The van der Waals surface area contributed by atoms with E-state index in [1.54, 1.807) is 6.07 Å². The number of likely N-dealkylation sites (tertiary alicyclic amines) is 1. The first kappa shape index (κ1) is 16.5. The van der Waals surface area contributed by atoms with Gasteiger partial charge in [-0.3, -0.25) is 9.59 Å². The molecule has 120 valence electrons. The van der Waals surface area contributed by atoms with E-state index in [-0.39, 0.29) is 11.8 Å².